The number of carbonyl (C=O) groups is 1. The van der Waals surface area contributed by atoms with Gasteiger partial charge in [0.05, 0.1) is 18.1 Å². The SMILES string of the molecule is CCCCn1c(C(=O)OC)nc2ccccc21. The molecule has 0 unspecified atom stereocenters. The zero-order valence-electron chi connectivity index (χ0n) is 10.1. The highest BCUT2D eigenvalue weighted by molar-refractivity contribution is 5.91. The molecule has 0 aliphatic carbocycles. The third kappa shape index (κ3) is 2.16. The van der Waals surface area contributed by atoms with Crippen LogP contribution in [-0.4, -0.2) is 22.6 Å². The van der Waals surface area contributed by atoms with Gasteiger partial charge in [-0.05, 0) is 18.6 Å². The summed E-state index contributed by atoms with van der Waals surface area (Å²) in [6, 6.07) is 7.75. The number of rotatable bonds is 4. The molecule has 4 heteroatoms. The van der Waals surface area contributed by atoms with Gasteiger partial charge in [0.15, 0.2) is 0 Å². The summed E-state index contributed by atoms with van der Waals surface area (Å²) < 4.78 is 6.70. The average molecular weight is 232 g/mol. The second-order valence-electron chi connectivity index (χ2n) is 3.92. The summed E-state index contributed by atoms with van der Waals surface area (Å²) in [7, 11) is 1.38. The molecule has 0 spiro atoms. The number of aromatic nitrogens is 2. The van der Waals surface area contributed by atoms with E-state index in [0.717, 1.165) is 30.4 Å². The fraction of sp³-hybridized carbons (Fsp3) is 0.385. The molecule has 2 rings (SSSR count). The highest BCUT2D eigenvalue weighted by Gasteiger charge is 2.17. The predicted octanol–water partition coefficient (Wildman–Crippen LogP) is 2.62. The van der Waals surface area contributed by atoms with Gasteiger partial charge >= 0.3 is 5.97 Å². The molecule has 1 aromatic heterocycles. The topological polar surface area (TPSA) is 44.1 Å². The highest BCUT2D eigenvalue weighted by Crippen LogP contribution is 2.17. The van der Waals surface area contributed by atoms with Crippen LogP contribution in [0.2, 0.25) is 0 Å². The first-order valence-corrected chi connectivity index (χ1v) is 5.81. The zero-order chi connectivity index (χ0) is 12.3. The van der Waals surface area contributed by atoms with Gasteiger partial charge in [0.2, 0.25) is 5.82 Å². The monoisotopic (exact) mass is 232 g/mol. The molecule has 4 nitrogen and oxygen atoms in total. The van der Waals surface area contributed by atoms with Crippen LogP contribution in [0.1, 0.15) is 30.4 Å². The van der Waals surface area contributed by atoms with E-state index in [1.165, 1.54) is 7.11 Å². The number of esters is 1. The van der Waals surface area contributed by atoms with E-state index in [4.69, 9.17) is 4.74 Å². The van der Waals surface area contributed by atoms with Crippen molar-refractivity contribution in [2.45, 2.75) is 26.3 Å². The zero-order valence-corrected chi connectivity index (χ0v) is 10.1. The molecule has 2 aromatic rings. The normalized spacial score (nSPS) is 10.7. The third-order valence-electron chi connectivity index (χ3n) is 2.76. The highest BCUT2D eigenvalue weighted by atomic mass is 16.5. The summed E-state index contributed by atoms with van der Waals surface area (Å²) in [4.78, 5) is 16.0. The minimum absolute atomic E-state index is 0.377. The quantitative estimate of drug-likeness (QED) is 0.761. The molecule has 1 heterocycles. The molecule has 90 valence electrons. The minimum atomic E-state index is -0.377. The number of methoxy groups -OCH3 is 1. The number of hydrogen-bond donors (Lipinski definition) is 0. The Morgan fingerprint density at radius 3 is 2.88 bits per heavy atom. The van der Waals surface area contributed by atoms with Crippen LogP contribution in [0, 0.1) is 0 Å². The van der Waals surface area contributed by atoms with Gasteiger partial charge in [-0.3, -0.25) is 0 Å². The summed E-state index contributed by atoms with van der Waals surface area (Å²) in [5.41, 5.74) is 1.82. The second-order valence-corrected chi connectivity index (χ2v) is 3.92. The number of nitrogens with zero attached hydrogens (tertiary/aromatic N) is 2. The largest absolute Gasteiger partial charge is 0.463 e. The van der Waals surface area contributed by atoms with E-state index in [1.807, 2.05) is 28.8 Å². The van der Waals surface area contributed by atoms with Crippen molar-refractivity contribution in [3.63, 3.8) is 0 Å². The molecule has 0 saturated carbocycles. The smallest absolute Gasteiger partial charge is 0.374 e. The number of aryl methyl sites for hydroxylation is 1. The minimum Gasteiger partial charge on any atom is -0.463 e. The molecule has 0 fully saturated rings. The standard InChI is InChI=1S/C13H16N2O2/c1-3-4-9-15-11-8-6-5-7-10(11)14-12(15)13(16)17-2/h5-8H,3-4,9H2,1-2H3. The van der Waals surface area contributed by atoms with Crippen LogP contribution in [0.25, 0.3) is 11.0 Å². The molecule has 17 heavy (non-hydrogen) atoms. The molecule has 0 aliphatic rings. The van der Waals surface area contributed by atoms with Crippen LogP contribution in [0.4, 0.5) is 0 Å². The number of hydrogen-bond acceptors (Lipinski definition) is 3. The fourth-order valence-electron chi connectivity index (χ4n) is 1.87. The Morgan fingerprint density at radius 1 is 1.41 bits per heavy atom. The van der Waals surface area contributed by atoms with Crippen molar-refractivity contribution >= 4 is 17.0 Å². The maximum atomic E-state index is 11.7. The van der Waals surface area contributed by atoms with Gasteiger partial charge in [0, 0.05) is 6.54 Å². The van der Waals surface area contributed by atoms with Crippen LogP contribution in [-0.2, 0) is 11.3 Å². The van der Waals surface area contributed by atoms with Gasteiger partial charge in [-0.2, -0.15) is 0 Å². The van der Waals surface area contributed by atoms with E-state index in [1.54, 1.807) is 0 Å². The van der Waals surface area contributed by atoms with Crippen LogP contribution in [0.5, 0.6) is 0 Å². The van der Waals surface area contributed by atoms with Gasteiger partial charge in [0.1, 0.15) is 0 Å². The van der Waals surface area contributed by atoms with Gasteiger partial charge in [-0.15, -0.1) is 0 Å². The first-order valence-electron chi connectivity index (χ1n) is 5.81. The number of ether oxygens (including phenoxy) is 1. The van der Waals surface area contributed by atoms with Crippen molar-refractivity contribution in [2.75, 3.05) is 7.11 Å². The summed E-state index contributed by atoms with van der Waals surface area (Å²) >= 11 is 0. The molecule has 0 saturated heterocycles. The number of benzene rings is 1. The van der Waals surface area contributed by atoms with Crippen molar-refractivity contribution in [2.24, 2.45) is 0 Å². The Balaban J connectivity index is 2.52. The molecule has 0 atom stereocenters. The first kappa shape index (κ1) is 11.6. The van der Waals surface area contributed by atoms with Crippen molar-refractivity contribution in [1.29, 1.82) is 0 Å². The summed E-state index contributed by atoms with van der Waals surface area (Å²) in [6.07, 6.45) is 2.09. The lowest BCUT2D eigenvalue weighted by molar-refractivity contribution is 0.0581. The van der Waals surface area contributed by atoms with Crippen molar-refractivity contribution in [3.8, 4) is 0 Å². The lowest BCUT2D eigenvalue weighted by atomic mass is 10.3. The number of carbonyl (C=O) groups excluding carboxylic acids is 1. The van der Waals surface area contributed by atoms with Gasteiger partial charge < -0.3 is 9.30 Å². The van der Waals surface area contributed by atoms with Crippen molar-refractivity contribution in [1.82, 2.24) is 9.55 Å². The van der Waals surface area contributed by atoms with E-state index >= 15 is 0 Å². The van der Waals surface area contributed by atoms with Crippen LogP contribution >= 0.6 is 0 Å². The number of fused-ring (bicyclic) bond motifs is 1. The first-order chi connectivity index (χ1) is 8.27. The lowest BCUT2D eigenvalue weighted by Crippen LogP contribution is -2.12. The summed E-state index contributed by atoms with van der Waals surface area (Å²) in [5, 5.41) is 0. The molecular weight excluding hydrogens is 216 g/mol. The Bertz CT molecular complexity index is 531. The van der Waals surface area contributed by atoms with Crippen LogP contribution in [0.3, 0.4) is 0 Å². The predicted molar refractivity (Wildman–Crippen MR) is 66.0 cm³/mol. The van der Waals surface area contributed by atoms with E-state index in [-0.39, 0.29) is 5.97 Å². The van der Waals surface area contributed by atoms with Crippen LogP contribution in [0.15, 0.2) is 24.3 Å². The second kappa shape index (κ2) is 4.99. The Kier molecular flexibility index (Phi) is 3.42. The van der Waals surface area contributed by atoms with E-state index < -0.39 is 0 Å². The molecule has 0 N–H and O–H groups in total. The molecule has 1 aromatic carbocycles. The number of para-hydroxylation sites is 2. The van der Waals surface area contributed by atoms with Gasteiger partial charge in [-0.25, -0.2) is 9.78 Å². The molecule has 0 aliphatic heterocycles. The maximum absolute atomic E-state index is 11.7. The van der Waals surface area contributed by atoms with Gasteiger partial charge in [-0.1, -0.05) is 25.5 Å². The van der Waals surface area contributed by atoms with E-state index in [2.05, 4.69) is 11.9 Å². The summed E-state index contributed by atoms with van der Waals surface area (Å²) in [6.45, 7) is 2.92. The van der Waals surface area contributed by atoms with Gasteiger partial charge in [0.25, 0.3) is 0 Å². The number of unbranched alkanes of at least 4 members (excludes halogenated alkanes) is 1. The Labute approximate surface area is 100 Å². The molecule has 0 amide bonds. The lowest BCUT2D eigenvalue weighted by Gasteiger charge is -2.06. The maximum Gasteiger partial charge on any atom is 0.374 e. The molecule has 0 bridgehead atoms. The Hall–Kier alpha value is -1.84. The fourth-order valence-corrected chi connectivity index (χ4v) is 1.87. The van der Waals surface area contributed by atoms with E-state index in [9.17, 15) is 4.79 Å². The average Bonchev–Trinajstić information content (AvgIpc) is 2.74. The third-order valence-corrected chi connectivity index (χ3v) is 2.76. The number of imidazole rings is 1. The molecular formula is C13H16N2O2. The van der Waals surface area contributed by atoms with Crippen molar-refractivity contribution in [3.05, 3.63) is 30.1 Å². The Morgan fingerprint density at radius 2 is 2.18 bits per heavy atom. The van der Waals surface area contributed by atoms with E-state index in [0.29, 0.717) is 5.82 Å². The molecule has 0 radical (unpaired) electrons. The summed E-state index contributed by atoms with van der Waals surface area (Å²) in [5.74, 6) is 0.0134. The van der Waals surface area contributed by atoms with Crippen molar-refractivity contribution < 1.29 is 9.53 Å². The van der Waals surface area contributed by atoms with Crippen LogP contribution < -0.4 is 0 Å².